The molecule has 0 fully saturated rings. The first-order valence-corrected chi connectivity index (χ1v) is 7.23. The van der Waals surface area contributed by atoms with Gasteiger partial charge < -0.3 is 0 Å². The lowest BCUT2D eigenvalue weighted by Crippen LogP contribution is -2.01. The van der Waals surface area contributed by atoms with Gasteiger partial charge in [0.2, 0.25) is 12.4 Å². The van der Waals surface area contributed by atoms with Gasteiger partial charge in [-0.05, 0) is 17.7 Å². The van der Waals surface area contributed by atoms with E-state index in [2.05, 4.69) is 15.4 Å². The van der Waals surface area contributed by atoms with E-state index in [-0.39, 0.29) is 5.95 Å². The summed E-state index contributed by atoms with van der Waals surface area (Å²) < 4.78 is 1.69. The summed E-state index contributed by atoms with van der Waals surface area (Å²) in [4.78, 5) is 15.0. The van der Waals surface area contributed by atoms with Crippen LogP contribution in [0.1, 0.15) is 5.56 Å². The van der Waals surface area contributed by atoms with E-state index in [4.69, 9.17) is 11.6 Å². The van der Waals surface area contributed by atoms with Gasteiger partial charge in [0.1, 0.15) is 0 Å². The van der Waals surface area contributed by atoms with Crippen molar-refractivity contribution in [1.29, 1.82) is 0 Å². The van der Waals surface area contributed by atoms with Crippen molar-refractivity contribution in [3.8, 4) is 17.1 Å². The van der Waals surface area contributed by atoms with Gasteiger partial charge in [0.25, 0.3) is 0 Å². The maximum atomic E-state index is 10.7. The lowest BCUT2D eigenvalue weighted by Gasteiger charge is -2.07. The van der Waals surface area contributed by atoms with Crippen LogP contribution in [-0.2, 0) is 10.7 Å². The molecular formula is C16H13ClN4O. The molecule has 2 aromatic carbocycles. The number of amides is 1. The van der Waals surface area contributed by atoms with Crippen LogP contribution in [0.25, 0.3) is 17.1 Å². The van der Waals surface area contributed by atoms with Crippen molar-refractivity contribution in [3.63, 3.8) is 0 Å². The first kappa shape index (κ1) is 14.3. The van der Waals surface area contributed by atoms with Crippen LogP contribution in [0.2, 0.25) is 0 Å². The highest BCUT2D eigenvalue weighted by Gasteiger charge is 2.13. The van der Waals surface area contributed by atoms with Gasteiger partial charge in [0.15, 0.2) is 5.82 Å². The molecule has 22 heavy (non-hydrogen) atoms. The maximum Gasteiger partial charge on any atom is 0.249 e. The third-order valence-corrected chi connectivity index (χ3v) is 3.45. The third-order valence-electron chi connectivity index (χ3n) is 3.14. The number of hydrogen-bond donors (Lipinski definition) is 1. The van der Waals surface area contributed by atoms with Crippen molar-refractivity contribution in [2.24, 2.45) is 0 Å². The Morgan fingerprint density at radius 3 is 2.68 bits per heavy atom. The molecule has 110 valence electrons. The summed E-state index contributed by atoms with van der Waals surface area (Å²) in [6.45, 7) is 0. The molecule has 0 atom stereocenters. The molecule has 0 aliphatic rings. The lowest BCUT2D eigenvalue weighted by molar-refractivity contribution is -0.105. The molecule has 1 heterocycles. The van der Waals surface area contributed by atoms with Crippen LogP contribution in [0, 0.1) is 0 Å². The highest BCUT2D eigenvalue weighted by molar-refractivity contribution is 6.17. The molecular weight excluding hydrogens is 300 g/mol. The molecule has 0 aliphatic carbocycles. The quantitative estimate of drug-likeness (QED) is 0.581. The van der Waals surface area contributed by atoms with Gasteiger partial charge in [-0.2, -0.15) is 4.98 Å². The van der Waals surface area contributed by atoms with Gasteiger partial charge in [-0.25, -0.2) is 4.68 Å². The number of halogens is 1. The number of nitrogens with zero attached hydrogens (tertiary/aromatic N) is 3. The Bertz CT molecular complexity index is 786. The van der Waals surface area contributed by atoms with E-state index in [0.717, 1.165) is 16.8 Å². The molecule has 3 rings (SSSR count). The topological polar surface area (TPSA) is 59.8 Å². The van der Waals surface area contributed by atoms with E-state index >= 15 is 0 Å². The highest BCUT2D eigenvalue weighted by atomic mass is 35.5. The molecule has 1 N–H and O–H groups in total. The largest absolute Gasteiger partial charge is 0.296 e. The lowest BCUT2D eigenvalue weighted by atomic mass is 10.2. The summed E-state index contributed by atoms with van der Waals surface area (Å²) in [6, 6.07) is 17.4. The number of carbonyl (C=O) groups excluding carboxylic acids is 1. The molecule has 0 spiro atoms. The average Bonchev–Trinajstić information content (AvgIpc) is 3.00. The zero-order chi connectivity index (χ0) is 15.4. The van der Waals surface area contributed by atoms with Crippen LogP contribution in [0.3, 0.4) is 0 Å². The molecule has 0 unspecified atom stereocenters. The average molecular weight is 313 g/mol. The van der Waals surface area contributed by atoms with Crippen LogP contribution in [0.4, 0.5) is 5.95 Å². The Balaban J connectivity index is 2.14. The van der Waals surface area contributed by atoms with Gasteiger partial charge >= 0.3 is 0 Å². The molecule has 0 saturated heterocycles. The van der Waals surface area contributed by atoms with E-state index in [1.54, 1.807) is 4.68 Å². The number of alkyl halides is 1. The molecule has 6 heteroatoms. The van der Waals surface area contributed by atoms with E-state index in [9.17, 15) is 4.79 Å². The summed E-state index contributed by atoms with van der Waals surface area (Å²) in [7, 11) is 0. The normalized spacial score (nSPS) is 10.4. The van der Waals surface area contributed by atoms with Crippen molar-refractivity contribution in [2.75, 3.05) is 5.32 Å². The van der Waals surface area contributed by atoms with Gasteiger partial charge in [0.05, 0.1) is 5.69 Å². The maximum absolute atomic E-state index is 10.7. The van der Waals surface area contributed by atoms with Gasteiger partial charge in [0, 0.05) is 11.4 Å². The predicted molar refractivity (Wildman–Crippen MR) is 86.0 cm³/mol. The van der Waals surface area contributed by atoms with Crippen molar-refractivity contribution in [1.82, 2.24) is 14.8 Å². The minimum atomic E-state index is 0.255. The van der Waals surface area contributed by atoms with Gasteiger partial charge in [-0.15, -0.1) is 16.7 Å². The summed E-state index contributed by atoms with van der Waals surface area (Å²) in [5.41, 5.74) is 2.73. The molecule has 1 aromatic heterocycles. The molecule has 0 bridgehead atoms. The van der Waals surface area contributed by atoms with Crippen LogP contribution in [0.5, 0.6) is 0 Å². The molecule has 5 nitrogen and oxygen atoms in total. The Hall–Kier alpha value is -2.66. The van der Waals surface area contributed by atoms with E-state index < -0.39 is 0 Å². The Morgan fingerprint density at radius 1 is 1.14 bits per heavy atom. The number of hydrogen-bond acceptors (Lipinski definition) is 3. The van der Waals surface area contributed by atoms with Gasteiger partial charge in [-0.1, -0.05) is 42.5 Å². The minimum absolute atomic E-state index is 0.255. The standard InChI is InChI=1S/C16H13ClN4O/c17-10-12-5-4-8-14(9-12)21-15(13-6-2-1-3-7-13)19-16(20-21)18-11-22/h1-9,11H,10H2,(H,18,20,22). The Morgan fingerprint density at radius 2 is 1.95 bits per heavy atom. The number of aromatic nitrogens is 3. The minimum Gasteiger partial charge on any atom is -0.296 e. The Labute approximate surface area is 132 Å². The Kier molecular flexibility index (Phi) is 4.16. The zero-order valence-electron chi connectivity index (χ0n) is 11.6. The highest BCUT2D eigenvalue weighted by Crippen LogP contribution is 2.23. The summed E-state index contributed by atoms with van der Waals surface area (Å²) in [6.07, 6.45) is 0.559. The van der Waals surface area contributed by atoms with Crippen molar-refractivity contribution < 1.29 is 4.79 Å². The molecule has 1 amide bonds. The number of benzene rings is 2. The van der Waals surface area contributed by atoms with Crippen molar-refractivity contribution >= 4 is 24.0 Å². The predicted octanol–water partition coefficient (Wildman–Crippen LogP) is 3.24. The molecule has 0 aliphatic heterocycles. The fourth-order valence-electron chi connectivity index (χ4n) is 2.15. The fourth-order valence-corrected chi connectivity index (χ4v) is 2.32. The van der Waals surface area contributed by atoms with Crippen molar-refractivity contribution in [3.05, 3.63) is 60.2 Å². The number of anilines is 1. The van der Waals surface area contributed by atoms with Crippen LogP contribution >= 0.6 is 11.6 Å². The number of carbonyl (C=O) groups is 1. The van der Waals surface area contributed by atoms with Gasteiger partial charge in [-0.3, -0.25) is 10.1 Å². The second-order valence-electron chi connectivity index (χ2n) is 4.60. The first-order chi connectivity index (χ1) is 10.8. The fraction of sp³-hybridized carbons (Fsp3) is 0.0625. The van der Waals surface area contributed by atoms with Crippen molar-refractivity contribution in [2.45, 2.75) is 5.88 Å². The summed E-state index contributed by atoms with van der Waals surface area (Å²) >= 11 is 5.89. The molecule has 0 radical (unpaired) electrons. The van der Waals surface area contributed by atoms with E-state index in [1.165, 1.54) is 0 Å². The summed E-state index contributed by atoms with van der Waals surface area (Å²) in [5.74, 6) is 1.32. The second-order valence-corrected chi connectivity index (χ2v) is 4.87. The second kappa shape index (κ2) is 6.41. The first-order valence-electron chi connectivity index (χ1n) is 6.70. The number of rotatable bonds is 5. The third kappa shape index (κ3) is 2.84. The number of nitrogens with one attached hydrogen (secondary N) is 1. The zero-order valence-corrected chi connectivity index (χ0v) is 12.4. The van der Waals surface area contributed by atoms with Crippen LogP contribution in [-0.4, -0.2) is 21.2 Å². The smallest absolute Gasteiger partial charge is 0.249 e. The summed E-state index contributed by atoms with van der Waals surface area (Å²) in [5, 5.41) is 6.83. The van der Waals surface area contributed by atoms with Crippen LogP contribution in [0.15, 0.2) is 54.6 Å². The van der Waals surface area contributed by atoms with E-state index in [1.807, 2.05) is 54.6 Å². The molecule has 0 saturated carbocycles. The van der Waals surface area contributed by atoms with Crippen LogP contribution < -0.4 is 5.32 Å². The molecule has 3 aromatic rings. The SMILES string of the molecule is O=CNc1nc(-c2ccccc2)n(-c2cccc(CCl)c2)n1. The van der Waals surface area contributed by atoms with E-state index in [0.29, 0.717) is 18.1 Å². The monoisotopic (exact) mass is 312 g/mol.